The van der Waals surface area contributed by atoms with Crippen molar-refractivity contribution in [3.05, 3.63) is 35.1 Å². The fourth-order valence-corrected chi connectivity index (χ4v) is 1.59. The Hall–Kier alpha value is -1.36. The number of aryl methyl sites for hydroxylation is 1. The maximum absolute atomic E-state index is 5.82. The first-order valence-corrected chi connectivity index (χ1v) is 4.89. The number of hydrogen-bond donors (Lipinski definition) is 1. The Balaban J connectivity index is 2.62. The quantitative estimate of drug-likeness (QED) is 0.790. The van der Waals surface area contributed by atoms with Crippen LogP contribution in [0.2, 0.25) is 0 Å². The van der Waals surface area contributed by atoms with Gasteiger partial charge < -0.3 is 10.3 Å². The van der Waals surface area contributed by atoms with Gasteiger partial charge in [0.15, 0.2) is 0 Å². The van der Waals surface area contributed by atoms with Crippen LogP contribution in [0.3, 0.4) is 0 Å². The highest BCUT2D eigenvalue weighted by Crippen LogP contribution is 2.20. The summed E-state index contributed by atoms with van der Waals surface area (Å²) in [4.78, 5) is 8.17. The summed E-state index contributed by atoms with van der Waals surface area (Å²) in [6, 6.07) is 1.87. The van der Waals surface area contributed by atoms with E-state index < -0.39 is 0 Å². The molecule has 0 aliphatic rings. The summed E-state index contributed by atoms with van der Waals surface area (Å²) in [6.07, 6.45) is 5.23. The molecule has 2 N–H and O–H groups in total. The standard InChI is InChI=1S/C9H9BrN4/c1-6-12-2-3-14(6)8-4-9(10)13-5-7(8)11/h2-5H,11H2,1H3. The molecule has 0 unspecified atom stereocenters. The normalized spacial score (nSPS) is 10.4. The molecule has 0 spiro atoms. The molecule has 2 rings (SSSR count). The van der Waals surface area contributed by atoms with E-state index in [4.69, 9.17) is 5.73 Å². The van der Waals surface area contributed by atoms with E-state index in [0.29, 0.717) is 5.69 Å². The van der Waals surface area contributed by atoms with Crippen LogP contribution in [0.25, 0.3) is 5.69 Å². The summed E-state index contributed by atoms with van der Waals surface area (Å²) in [6.45, 7) is 1.92. The predicted octanol–water partition coefficient (Wildman–Crippen LogP) is 1.92. The smallest absolute Gasteiger partial charge is 0.110 e. The van der Waals surface area contributed by atoms with Gasteiger partial charge in [0.25, 0.3) is 0 Å². The van der Waals surface area contributed by atoms with Gasteiger partial charge in [0.1, 0.15) is 10.4 Å². The Morgan fingerprint density at radius 2 is 2.21 bits per heavy atom. The van der Waals surface area contributed by atoms with Gasteiger partial charge in [-0.1, -0.05) is 0 Å². The summed E-state index contributed by atoms with van der Waals surface area (Å²) < 4.78 is 2.68. The molecule has 0 bridgehead atoms. The number of nitrogen functional groups attached to an aromatic ring is 1. The molecule has 4 nitrogen and oxygen atoms in total. The first kappa shape index (κ1) is 9.21. The van der Waals surface area contributed by atoms with Gasteiger partial charge >= 0.3 is 0 Å². The van der Waals surface area contributed by atoms with Crippen LogP contribution >= 0.6 is 15.9 Å². The number of halogens is 1. The molecule has 0 radical (unpaired) electrons. The average Bonchev–Trinajstić information content (AvgIpc) is 2.56. The minimum atomic E-state index is 0.634. The topological polar surface area (TPSA) is 56.7 Å². The summed E-state index contributed by atoms with van der Waals surface area (Å²) in [5, 5.41) is 0. The van der Waals surface area contributed by atoms with Gasteiger partial charge in [-0.2, -0.15) is 0 Å². The van der Waals surface area contributed by atoms with Crippen molar-refractivity contribution in [2.75, 3.05) is 5.73 Å². The third-order valence-corrected chi connectivity index (χ3v) is 2.40. The van der Waals surface area contributed by atoms with Gasteiger partial charge in [-0.25, -0.2) is 9.97 Å². The number of anilines is 1. The highest BCUT2D eigenvalue weighted by atomic mass is 79.9. The van der Waals surface area contributed by atoms with Crippen LogP contribution in [0.1, 0.15) is 5.82 Å². The third kappa shape index (κ3) is 1.50. The molecule has 0 aliphatic heterocycles. The Labute approximate surface area is 89.9 Å². The molecular weight excluding hydrogens is 244 g/mol. The van der Waals surface area contributed by atoms with Crippen molar-refractivity contribution in [3.8, 4) is 5.69 Å². The predicted molar refractivity (Wildman–Crippen MR) is 58.2 cm³/mol. The summed E-state index contributed by atoms with van der Waals surface area (Å²) in [5.74, 6) is 0.898. The lowest BCUT2D eigenvalue weighted by molar-refractivity contribution is 0.970. The van der Waals surface area contributed by atoms with E-state index in [1.54, 1.807) is 12.4 Å². The summed E-state index contributed by atoms with van der Waals surface area (Å²) in [7, 11) is 0. The Morgan fingerprint density at radius 3 is 2.86 bits per heavy atom. The van der Waals surface area contributed by atoms with Crippen molar-refractivity contribution in [1.82, 2.24) is 14.5 Å². The van der Waals surface area contributed by atoms with Crippen molar-refractivity contribution in [1.29, 1.82) is 0 Å². The van der Waals surface area contributed by atoms with Gasteiger partial charge in [0.2, 0.25) is 0 Å². The first-order valence-electron chi connectivity index (χ1n) is 4.10. The van der Waals surface area contributed by atoms with E-state index in [1.807, 2.05) is 23.8 Å². The molecule has 0 saturated heterocycles. The first-order chi connectivity index (χ1) is 6.68. The molecule has 0 atom stereocenters. The minimum absolute atomic E-state index is 0.634. The zero-order chi connectivity index (χ0) is 10.1. The fourth-order valence-electron chi connectivity index (χ4n) is 1.27. The number of hydrogen-bond acceptors (Lipinski definition) is 3. The number of nitrogens with two attached hydrogens (primary N) is 1. The van der Waals surface area contributed by atoms with Crippen LogP contribution in [0.5, 0.6) is 0 Å². The third-order valence-electron chi connectivity index (χ3n) is 1.96. The van der Waals surface area contributed by atoms with Gasteiger partial charge in [-0.3, -0.25) is 0 Å². The molecule has 72 valence electrons. The molecule has 0 aromatic carbocycles. The van der Waals surface area contributed by atoms with Crippen molar-refractivity contribution in [2.24, 2.45) is 0 Å². The highest BCUT2D eigenvalue weighted by molar-refractivity contribution is 9.10. The van der Waals surface area contributed by atoms with Gasteiger partial charge in [-0.15, -0.1) is 0 Å². The second-order valence-electron chi connectivity index (χ2n) is 2.91. The zero-order valence-corrected chi connectivity index (χ0v) is 9.19. The maximum Gasteiger partial charge on any atom is 0.110 e. The lowest BCUT2D eigenvalue weighted by atomic mass is 10.3. The SMILES string of the molecule is Cc1nccn1-c1cc(Br)ncc1N. The monoisotopic (exact) mass is 252 g/mol. The number of imidazole rings is 1. The molecule has 2 heterocycles. The molecule has 0 amide bonds. The molecule has 14 heavy (non-hydrogen) atoms. The highest BCUT2D eigenvalue weighted by Gasteiger charge is 2.05. The minimum Gasteiger partial charge on any atom is -0.396 e. The zero-order valence-electron chi connectivity index (χ0n) is 7.61. The summed E-state index contributed by atoms with van der Waals surface area (Å²) in [5.41, 5.74) is 7.34. The number of nitrogens with zero attached hydrogens (tertiary/aromatic N) is 3. The Morgan fingerprint density at radius 1 is 1.43 bits per heavy atom. The van der Waals surface area contributed by atoms with Crippen LogP contribution in [0, 0.1) is 6.92 Å². The molecule has 0 aliphatic carbocycles. The fraction of sp³-hybridized carbons (Fsp3) is 0.111. The molecule has 2 aromatic heterocycles. The summed E-state index contributed by atoms with van der Waals surface area (Å²) >= 11 is 3.31. The van der Waals surface area contributed by atoms with Crippen molar-refractivity contribution >= 4 is 21.6 Å². The molecular formula is C9H9BrN4. The van der Waals surface area contributed by atoms with Crippen LogP contribution < -0.4 is 5.73 Å². The number of pyridine rings is 1. The molecule has 5 heteroatoms. The second-order valence-corrected chi connectivity index (χ2v) is 3.72. The van der Waals surface area contributed by atoms with Gasteiger partial charge in [-0.05, 0) is 28.9 Å². The van der Waals surface area contributed by atoms with Crippen molar-refractivity contribution in [2.45, 2.75) is 6.92 Å². The van der Waals surface area contributed by atoms with E-state index in [9.17, 15) is 0 Å². The molecule has 0 saturated carbocycles. The number of rotatable bonds is 1. The maximum atomic E-state index is 5.82. The number of aromatic nitrogens is 3. The van der Waals surface area contributed by atoms with E-state index in [2.05, 4.69) is 25.9 Å². The Kier molecular flexibility index (Phi) is 2.25. The van der Waals surface area contributed by atoms with Crippen molar-refractivity contribution < 1.29 is 0 Å². The molecule has 0 fully saturated rings. The van der Waals surface area contributed by atoms with Crippen LogP contribution in [0.15, 0.2) is 29.3 Å². The lowest BCUT2D eigenvalue weighted by Crippen LogP contribution is -2.01. The Bertz CT molecular complexity index is 464. The van der Waals surface area contributed by atoms with E-state index in [1.165, 1.54) is 0 Å². The van der Waals surface area contributed by atoms with Crippen LogP contribution in [-0.4, -0.2) is 14.5 Å². The molecule has 2 aromatic rings. The van der Waals surface area contributed by atoms with Crippen LogP contribution in [0.4, 0.5) is 5.69 Å². The van der Waals surface area contributed by atoms with Crippen molar-refractivity contribution in [3.63, 3.8) is 0 Å². The van der Waals surface area contributed by atoms with Crippen LogP contribution in [-0.2, 0) is 0 Å². The van der Waals surface area contributed by atoms with E-state index in [-0.39, 0.29) is 0 Å². The lowest BCUT2D eigenvalue weighted by Gasteiger charge is -2.07. The van der Waals surface area contributed by atoms with Gasteiger partial charge in [0.05, 0.1) is 17.6 Å². The average molecular weight is 253 g/mol. The van der Waals surface area contributed by atoms with Gasteiger partial charge in [0, 0.05) is 12.4 Å². The largest absolute Gasteiger partial charge is 0.396 e. The van der Waals surface area contributed by atoms with E-state index in [0.717, 1.165) is 16.1 Å². The second kappa shape index (κ2) is 3.42. The van der Waals surface area contributed by atoms with E-state index >= 15 is 0 Å².